The highest BCUT2D eigenvalue weighted by molar-refractivity contribution is 5.52. The van der Waals surface area contributed by atoms with E-state index < -0.39 is 0 Å². The molecular weight excluding hydrogens is 178 g/mol. The summed E-state index contributed by atoms with van der Waals surface area (Å²) in [5.74, 6) is 0. The lowest BCUT2D eigenvalue weighted by Gasteiger charge is -2.28. The summed E-state index contributed by atoms with van der Waals surface area (Å²) in [6.07, 6.45) is 0. The number of nitrogens with zero attached hydrogens (tertiary/aromatic N) is 2. The molecule has 4 nitrogen and oxygen atoms in total. The van der Waals surface area contributed by atoms with Crippen molar-refractivity contribution in [2.45, 2.75) is 0 Å². The predicted molar refractivity (Wildman–Crippen MR) is 53.5 cm³/mol. The fourth-order valence-corrected chi connectivity index (χ4v) is 1.57. The van der Waals surface area contributed by atoms with Crippen molar-refractivity contribution < 1.29 is 10.3 Å². The van der Waals surface area contributed by atoms with E-state index in [0.29, 0.717) is 0 Å². The van der Waals surface area contributed by atoms with Gasteiger partial charge in [-0.1, -0.05) is 0 Å². The average molecular weight is 192 g/mol. The van der Waals surface area contributed by atoms with Gasteiger partial charge in [0.2, 0.25) is 0 Å². The van der Waals surface area contributed by atoms with Crippen LogP contribution in [0, 0.1) is 0 Å². The molecule has 1 aliphatic heterocycles. The van der Waals surface area contributed by atoms with Gasteiger partial charge in [-0.05, 0) is 29.4 Å². The summed E-state index contributed by atoms with van der Waals surface area (Å²) in [7, 11) is 0. The molecule has 1 fully saturated rings. The Kier molecular flexibility index (Phi) is 2.74. The first kappa shape index (κ1) is 9.15. The second-order valence-corrected chi connectivity index (χ2v) is 3.24. The minimum absolute atomic E-state index is 0.807. The molecule has 2 rings (SSSR count). The van der Waals surface area contributed by atoms with Gasteiger partial charge >= 0.3 is 0 Å². The molecule has 0 unspecified atom stereocenters. The van der Waals surface area contributed by atoms with Gasteiger partial charge in [0, 0.05) is 18.8 Å². The third-order valence-electron chi connectivity index (χ3n) is 2.38. The van der Waals surface area contributed by atoms with Crippen LogP contribution in [0.4, 0.5) is 11.4 Å². The van der Waals surface area contributed by atoms with Crippen LogP contribution in [0.5, 0.6) is 0 Å². The molecule has 0 radical (unpaired) electrons. The van der Waals surface area contributed by atoms with Crippen LogP contribution in [0.25, 0.3) is 0 Å². The molecule has 1 aliphatic rings. The highest BCUT2D eigenvalue weighted by Gasteiger charge is 2.10. The van der Waals surface area contributed by atoms with Gasteiger partial charge in [0.25, 0.3) is 0 Å². The van der Waals surface area contributed by atoms with Crippen molar-refractivity contribution in [3.63, 3.8) is 0 Å². The average Bonchev–Trinajstić information content (AvgIpc) is 2.30. The molecule has 0 aliphatic carbocycles. The van der Waals surface area contributed by atoms with Crippen molar-refractivity contribution in [1.82, 2.24) is 0 Å². The molecule has 0 atom stereocenters. The Morgan fingerprint density at radius 3 is 2.36 bits per heavy atom. The van der Waals surface area contributed by atoms with E-state index in [4.69, 9.17) is 10.3 Å². The molecule has 1 heterocycles. The molecule has 0 saturated carbocycles. The molecule has 4 heteroatoms. The van der Waals surface area contributed by atoms with Crippen LogP contribution in [0.15, 0.2) is 29.4 Å². The Morgan fingerprint density at radius 1 is 1.14 bits per heavy atom. The monoisotopic (exact) mass is 192 g/mol. The summed E-state index contributed by atoms with van der Waals surface area (Å²) >= 11 is 0. The second-order valence-electron chi connectivity index (χ2n) is 3.24. The van der Waals surface area contributed by atoms with Crippen LogP contribution in [0.1, 0.15) is 0 Å². The minimum atomic E-state index is 0.807. The van der Waals surface area contributed by atoms with E-state index in [0.717, 1.165) is 32.0 Å². The molecule has 2 N–H and O–H groups in total. The first-order valence-corrected chi connectivity index (χ1v) is 4.74. The number of benzene rings is 1. The number of hydrogen-bond donors (Lipinski definition) is 1. The largest absolute Gasteiger partial charge is 0.378 e. The summed E-state index contributed by atoms with van der Waals surface area (Å²) in [5, 5.41) is 3.61. The van der Waals surface area contributed by atoms with E-state index in [-0.39, 0.29) is 0 Å². The van der Waals surface area contributed by atoms with Crippen molar-refractivity contribution in [3.8, 4) is 0 Å². The van der Waals surface area contributed by atoms with E-state index >= 15 is 0 Å². The van der Waals surface area contributed by atoms with E-state index in [1.165, 1.54) is 5.69 Å². The normalized spacial score (nSPS) is 16.7. The van der Waals surface area contributed by atoms with Crippen LogP contribution in [0.3, 0.4) is 0 Å². The lowest BCUT2D eigenvalue weighted by Crippen LogP contribution is -2.36. The highest BCUT2D eigenvalue weighted by atomic mass is 16.5. The van der Waals surface area contributed by atoms with Crippen molar-refractivity contribution in [1.29, 1.82) is 0 Å². The zero-order valence-corrected chi connectivity index (χ0v) is 8.02. The van der Waals surface area contributed by atoms with Gasteiger partial charge in [0.1, 0.15) is 5.69 Å². The minimum Gasteiger partial charge on any atom is -0.378 e. The maximum atomic E-state index is 5.29. The molecule has 0 bridgehead atoms. The molecule has 1 aromatic carbocycles. The van der Waals surface area contributed by atoms with Crippen LogP contribution in [-0.4, -0.2) is 26.3 Å². The summed E-state index contributed by atoms with van der Waals surface area (Å²) < 4.78 is 5.29. The highest BCUT2D eigenvalue weighted by Crippen LogP contribution is 2.19. The Bertz CT molecular complexity index is 304. The molecule has 0 spiro atoms. The van der Waals surface area contributed by atoms with Crippen molar-refractivity contribution in [2.24, 2.45) is 5.11 Å². The number of morpholine rings is 1. The maximum absolute atomic E-state index is 5.29. The van der Waals surface area contributed by atoms with Gasteiger partial charge in [-0.15, -0.1) is 0 Å². The lowest BCUT2D eigenvalue weighted by atomic mass is 10.2. The number of nitrogens with two attached hydrogens (primary N) is 1. The number of rotatable bonds is 2. The topological polar surface area (TPSA) is 50.4 Å². The quantitative estimate of drug-likeness (QED) is 0.688. The molecule has 0 aromatic heterocycles. The molecule has 74 valence electrons. The van der Waals surface area contributed by atoms with Crippen molar-refractivity contribution in [3.05, 3.63) is 24.3 Å². The van der Waals surface area contributed by atoms with Gasteiger partial charge in [0.15, 0.2) is 0 Å². The summed E-state index contributed by atoms with van der Waals surface area (Å²) in [5.41, 5.74) is 7.19. The molecule has 1 aromatic rings. The van der Waals surface area contributed by atoms with Gasteiger partial charge in [-0.25, -0.2) is 0 Å². The third-order valence-corrected chi connectivity index (χ3v) is 2.38. The van der Waals surface area contributed by atoms with E-state index in [1.54, 1.807) is 0 Å². The first-order valence-electron chi connectivity index (χ1n) is 4.74. The molecular formula is C10H14N3O+. The Morgan fingerprint density at radius 2 is 1.79 bits per heavy atom. The van der Waals surface area contributed by atoms with E-state index in [9.17, 15) is 0 Å². The molecule has 14 heavy (non-hydrogen) atoms. The fourth-order valence-electron chi connectivity index (χ4n) is 1.57. The standard InChI is InChI=1S/C10H13N3O/c11-12-9-1-3-10(4-2-9)13-5-7-14-8-6-13/h1-4,11H,5-8H2/p+1. The van der Waals surface area contributed by atoms with E-state index in [1.807, 2.05) is 24.3 Å². The van der Waals surface area contributed by atoms with Gasteiger partial charge in [-0.2, -0.15) is 5.53 Å². The maximum Gasteiger partial charge on any atom is 0.130 e. The Hall–Kier alpha value is -1.42. The van der Waals surface area contributed by atoms with Crippen LogP contribution in [0.2, 0.25) is 0 Å². The Balaban J connectivity index is 2.11. The van der Waals surface area contributed by atoms with Crippen LogP contribution < -0.4 is 10.4 Å². The first-order chi connectivity index (χ1) is 6.90. The predicted octanol–water partition coefficient (Wildman–Crippen LogP) is 0.366. The van der Waals surface area contributed by atoms with Crippen LogP contribution in [-0.2, 0) is 4.74 Å². The zero-order valence-electron chi connectivity index (χ0n) is 8.02. The van der Waals surface area contributed by atoms with Crippen molar-refractivity contribution in [2.75, 3.05) is 31.2 Å². The Labute approximate surface area is 83.0 Å². The molecule has 0 amide bonds. The summed E-state index contributed by atoms with van der Waals surface area (Å²) in [6, 6.07) is 7.92. The fraction of sp³-hybridized carbons (Fsp3) is 0.400. The number of hydrogen-bond acceptors (Lipinski definition) is 3. The smallest absolute Gasteiger partial charge is 0.130 e. The zero-order chi connectivity index (χ0) is 9.80. The van der Waals surface area contributed by atoms with Gasteiger partial charge < -0.3 is 9.64 Å². The van der Waals surface area contributed by atoms with E-state index in [2.05, 4.69) is 10.0 Å². The van der Waals surface area contributed by atoms with Crippen molar-refractivity contribution >= 4 is 11.4 Å². The van der Waals surface area contributed by atoms with Gasteiger partial charge in [-0.3, -0.25) is 0 Å². The summed E-state index contributed by atoms with van der Waals surface area (Å²) in [6.45, 7) is 3.53. The second kappa shape index (κ2) is 4.19. The third kappa shape index (κ3) is 1.90. The number of anilines is 1. The summed E-state index contributed by atoms with van der Waals surface area (Å²) in [4.78, 5) is 2.30. The molecule has 1 saturated heterocycles. The lowest BCUT2D eigenvalue weighted by molar-refractivity contribution is -0.210. The number of ether oxygens (including phenoxy) is 1. The van der Waals surface area contributed by atoms with Gasteiger partial charge in [0.05, 0.1) is 13.2 Å². The van der Waals surface area contributed by atoms with Crippen LogP contribution >= 0.6 is 0 Å². The SMILES string of the molecule is [NH2+]=Nc1ccc(N2CCOCC2)cc1.